The quantitative estimate of drug-likeness (QED) is 0.389. The number of rotatable bonds is 7. The van der Waals surface area contributed by atoms with Crippen molar-refractivity contribution in [3.05, 3.63) is 89.2 Å². The Kier molecular flexibility index (Phi) is 8.07. The van der Waals surface area contributed by atoms with Gasteiger partial charge in [-0.25, -0.2) is 4.39 Å². The molecule has 1 heterocycles. The molecule has 3 aromatic rings. The second kappa shape index (κ2) is 11.2. The topological polar surface area (TPSA) is 32.3 Å². The lowest BCUT2D eigenvalue weighted by Crippen LogP contribution is -2.32. The van der Waals surface area contributed by atoms with Gasteiger partial charge in [0.05, 0.1) is 0 Å². The molecule has 3 aromatic carbocycles. The van der Waals surface area contributed by atoms with Crippen molar-refractivity contribution in [3.63, 3.8) is 0 Å². The van der Waals surface area contributed by atoms with Gasteiger partial charge in [-0.3, -0.25) is 9.69 Å². The van der Waals surface area contributed by atoms with Crippen LogP contribution in [0.2, 0.25) is 0 Å². The van der Waals surface area contributed by atoms with Crippen LogP contribution in [0, 0.1) is 18.7 Å². The van der Waals surface area contributed by atoms with Gasteiger partial charge in [0.25, 0.3) is 0 Å². The third kappa shape index (κ3) is 6.28. The Morgan fingerprint density at radius 1 is 1.06 bits per heavy atom. The number of carbonyl (C=O) groups excluding carboxylic acids is 1. The Morgan fingerprint density at radius 3 is 2.44 bits per heavy atom. The molecule has 34 heavy (non-hydrogen) atoms. The molecular weight excluding hydrogens is 443 g/mol. The van der Waals surface area contributed by atoms with Crippen molar-refractivity contribution in [2.75, 3.05) is 18.4 Å². The van der Waals surface area contributed by atoms with E-state index >= 15 is 0 Å². The Balaban J connectivity index is 1.32. The molecule has 1 aliphatic heterocycles. The second-order valence-corrected chi connectivity index (χ2v) is 10.6. The number of halogens is 1. The molecule has 1 saturated heterocycles. The van der Waals surface area contributed by atoms with Crippen molar-refractivity contribution < 1.29 is 9.18 Å². The molecular formula is C29H33FN2OS. The highest BCUT2D eigenvalue weighted by Gasteiger charge is 2.22. The fourth-order valence-corrected chi connectivity index (χ4v) is 5.26. The fourth-order valence-electron chi connectivity index (χ4n) is 4.42. The van der Waals surface area contributed by atoms with E-state index in [1.165, 1.54) is 34.5 Å². The molecule has 0 aromatic heterocycles. The van der Waals surface area contributed by atoms with E-state index in [2.05, 4.69) is 53.5 Å². The van der Waals surface area contributed by atoms with Crippen molar-refractivity contribution >= 4 is 23.4 Å². The summed E-state index contributed by atoms with van der Waals surface area (Å²) in [5.41, 5.74) is 4.83. The third-order valence-corrected chi connectivity index (χ3v) is 7.55. The highest BCUT2D eigenvalue weighted by molar-refractivity contribution is 7.99. The predicted octanol–water partition coefficient (Wildman–Crippen LogP) is 7.26. The molecule has 0 bridgehead atoms. The number of amides is 1. The lowest BCUT2D eigenvalue weighted by Gasteiger charge is -2.33. The summed E-state index contributed by atoms with van der Waals surface area (Å²) in [5, 5.41) is 3.04. The second-order valence-electron chi connectivity index (χ2n) is 9.44. The summed E-state index contributed by atoms with van der Waals surface area (Å²) >= 11 is 1.46. The van der Waals surface area contributed by atoms with Crippen LogP contribution >= 0.6 is 11.8 Å². The Morgan fingerprint density at radius 2 is 1.76 bits per heavy atom. The number of carbonyl (C=O) groups is 1. The summed E-state index contributed by atoms with van der Waals surface area (Å²) in [5.74, 6) is 0.373. The highest BCUT2D eigenvalue weighted by atomic mass is 32.2. The monoisotopic (exact) mass is 476 g/mol. The number of hydrogen-bond acceptors (Lipinski definition) is 3. The summed E-state index contributed by atoms with van der Waals surface area (Å²) in [7, 11) is 0. The van der Waals surface area contributed by atoms with E-state index in [0.717, 1.165) is 43.1 Å². The number of benzene rings is 3. The van der Waals surface area contributed by atoms with Gasteiger partial charge in [0.2, 0.25) is 5.91 Å². The maximum atomic E-state index is 13.9. The molecule has 4 rings (SSSR count). The van der Waals surface area contributed by atoms with Gasteiger partial charge >= 0.3 is 0 Å². The molecule has 1 fully saturated rings. The van der Waals surface area contributed by atoms with E-state index in [1.54, 1.807) is 6.07 Å². The van der Waals surface area contributed by atoms with Crippen LogP contribution < -0.4 is 5.32 Å². The summed E-state index contributed by atoms with van der Waals surface area (Å²) in [6.45, 7) is 9.03. The van der Waals surface area contributed by atoms with Gasteiger partial charge in [0.15, 0.2) is 0 Å². The molecule has 5 heteroatoms. The molecule has 0 spiro atoms. The third-order valence-electron chi connectivity index (χ3n) is 6.49. The van der Waals surface area contributed by atoms with Crippen molar-refractivity contribution in [1.29, 1.82) is 0 Å². The van der Waals surface area contributed by atoms with E-state index in [-0.39, 0.29) is 17.6 Å². The van der Waals surface area contributed by atoms with Crippen LogP contribution in [-0.4, -0.2) is 23.9 Å². The zero-order valence-corrected chi connectivity index (χ0v) is 21.0. The lowest BCUT2D eigenvalue weighted by molar-refractivity contribution is -0.118. The number of nitrogens with one attached hydrogen (secondary N) is 1. The lowest BCUT2D eigenvalue weighted by atomic mass is 9.86. The highest BCUT2D eigenvalue weighted by Crippen LogP contribution is 2.33. The van der Waals surface area contributed by atoms with Crippen molar-refractivity contribution in [3.8, 4) is 0 Å². The number of hydrogen-bond donors (Lipinski definition) is 1. The van der Waals surface area contributed by atoms with E-state index in [0.29, 0.717) is 10.8 Å². The van der Waals surface area contributed by atoms with Crippen LogP contribution in [0.25, 0.3) is 0 Å². The first-order valence-electron chi connectivity index (χ1n) is 12.0. The van der Waals surface area contributed by atoms with Crippen LogP contribution in [0.3, 0.4) is 0 Å². The van der Waals surface area contributed by atoms with Crippen molar-refractivity contribution in [1.82, 2.24) is 4.90 Å². The largest absolute Gasteiger partial charge is 0.326 e. The molecule has 1 aliphatic rings. The van der Waals surface area contributed by atoms with E-state index in [4.69, 9.17) is 0 Å². The number of piperidine rings is 1. The average Bonchev–Trinajstić information content (AvgIpc) is 2.83. The van der Waals surface area contributed by atoms with Crippen molar-refractivity contribution in [2.24, 2.45) is 5.92 Å². The predicted molar refractivity (Wildman–Crippen MR) is 139 cm³/mol. The minimum atomic E-state index is -0.178. The first-order chi connectivity index (χ1) is 16.4. The summed E-state index contributed by atoms with van der Waals surface area (Å²) in [6.07, 6.45) is 2.23. The van der Waals surface area contributed by atoms with Gasteiger partial charge in [-0.15, -0.1) is 0 Å². The zero-order chi connectivity index (χ0) is 24.1. The first kappa shape index (κ1) is 24.5. The minimum Gasteiger partial charge on any atom is -0.326 e. The average molecular weight is 477 g/mol. The Hall–Kier alpha value is -2.63. The molecule has 178 valence electrons. The number of anilines is 1. The van der Waals surface area contributed by atoms with Crippen molar-refractivity contribution in [2.45, 2.75) is 55.9 Å². The number of aryl methyl sites for hydroxylation is 1. The SMILES string of the molecule is Cc1ccc(NC(=O)C(C)C)cc1C1CCN(Cc2ccc(Sc3ccccc3F)cc2)CC1. The van der Waals surface area contributed by atoms with Gasteiger partial charge in [-0.1, -0.05) is 55.9 Å². The summed E-state index contributed by atoms with van der Waals surface area (Å²) < 4.78 is 13.9. The molecule has 0 radical (unpaired) electrons. The zero-order valence-electron chi connectivity index (χ0n) is 20.2. The van der Waals surface area contributed by atoms with Crippen LogP contribution in [-0.2, 0) is 11.3 Å². The molecule has 0 unspecified atom stereocenters. The smallest absolute Gasteiger partial charge is 0.226 e. The summed E-state index contributed by atoms with van der Waals surface area (Å²) in [6, 6.07) is 21.7. The number of nitrogens with zero attached hydrogens (tertiary/aromatic N) is 1. The molecule has 0 atom stereocenters. The minimum absolute atomic E-state index is 0.0276. The van der Waals surface area contributed by atoms with Gasteiger partial charge in [-0.05, 0) is 91.9 Å². The molecule has 3 nitrogen and oxygen atoms in total. The van der Waals surface area contributed by atoms with Crippen LogP contribution in [0.4, 0.5) is 10.1 Å². The van der Waals surface area contributed by atoms with Crippen LogP contribution in [0.1, 0.15) is 49.3 Å². The number of likely N-dealkylation sites (tertiary alicyclic amines) is 1. The van der Waals surface area contributed by atoms with E-state index in [1.807, 2.05) is 32.0 Å². The summed E-state index contributed by atoms with van der Waals surface area (Å²) in [4.78, 5) is 16.3. The van der Waals surface area contributed by atoms with Gasteiger partial charge < -0.3 is 5.32 Å². The van der Waals surface area contributed by atoms with Gasteiger partial charge in [0.1, 0.15) is 5.82 Å². The molecule has 1 amide bonds. The first-order valence-corrected chi connectivity index (χ1v) is 12.9. The molecule has 0 aliphatic carbocycles. The standard InChI is InChI=1S/C29H33FN2OS/c1-20(2)29(33)31-24-11-8-21(3)26(18-24)23-14-16-32(17-15-23)19-22-9-12-25(13-10-22)34-28-7-5-4-6-27(28)30/h4-13,18,20,23H,14-17,19H2,1-3H3,(H,31,33). The maximum absolute atomic E-state index is 13.9. The van der Waals surface area contributed by atoms with E-state index < -0.39 is 0 Å². The van der Waals surface area contributed by atoms with Gasteiger partial charge in [0, 0.05) is 27.9 Å². The maximum Gasteiger partial charge on any atom is 0.226 e. The molecule has 1 N–H and O–H groups in total. The van der Waals surface area contributed by atoms with Crippen LogP contribution in [0.15, 0.2) is 76.5 Å². The van der Waals surface area contributed by atoms with E-state index in [9.17, 15) is 9.18 Å². The Bertz CT molecular complexity index is 1120. The normalized spacial score (nSPS) is 15.0. The Labute approximate surface area is 206 Å². The molecule has 0 saturated carbocycles. The van der Waals surface area contributed by atoms with Gasteiger partial charge in [-0.2, -0.15) is 0 Å². The van der Waals surface area contributed by atoms with Crippen LogP contribution in [0.5, 0.6) is 0 Å². The fraction of sp³-hybridized carbons (Fsp3) is 0.345.